The van der Waals surface area contributed by atoms with Crippen molar-refractivity contribution in [1.82, 2.24) is 4.90 Å². The van der Waals surface area contributed by atoms with E-state index in [9.17, 15) is 15.0 Å². The fourth-order valence-corrected chi connectivity index (χ4v) is 9.84. The van der Waals surface area contributed by atoms with Crippen molar-refractivity contribution in [3.05, 3.63) is 0 Å². The molecular weight excluding hydrogens is 414 g/mol. The van der Waals surface area contributed by atoms with E-state index in [1.165, 1.54) is 25.7 Å². The minimum Gasteiger partial charge on any atom is -0.449 e. The summed E-state index contributed by atoms with van der Waals surface area (Å²) >= 11 is 0. The summed E-state index contributed by atoms with van der Waals surface area (Å²) in [6.07, 6.45) is 9.25. The molecule has 188 valence electrons. The smallest absolute Gasteiger partial charge is 0.409 e. The minimum absolute atomic E-state index is 0.136. The third-order valence-electron chi connectivity index (χ3n) is 11.7. The number of carbonyl (C=O) groups excluding carboxylic acids is 1. The lowest BCUT2D eigenvalue weighted by Crippen LogP contribution is -2.62. The zero-order valence-corrected chi connectivity index (χ0v) is 21.3. The van der Waals surface area contributed by atoms with Crippen LogP contribution in [-0.4, -0.2) is 53.1 Å². The fraction of sp³-hybridized carbons (Fsp3) is 0.964. The minimum atomic E-state index is -0.244. The Labute approximate surface area is 200 Å². The summed E-state index contributed by atoms with van der Waals surface area (Å²) in [4.78, 5) is 14.1. The van der Waals surface area contributed by atoms with Gasteiger partial charge in [0.05, 0.1) is 18.8 Å². The molecule has 0 bridgehead atoms. The van der Waals surface area contributed by atoms with Crippen LogP contribution in [-0.2, 0) is 4.74 Å². The van der Waals surface area contributed by atoms with Crippen LogP contribution in [0.1, 0.15) is 85.5 Å². The molecule has 33 heavy (non-hydrogen) atoms. The molecule has 0 unspecified atom stereocenters. The predicted octanol–water partition coefficient (Wildman–Crippen LogP) is 5.09. The molecule has 4 aliphatic carbocycles. The van der Waals surface area contributed by atoms with E-state index in [-0.39, 0.29) is 29.1 Å². The van der Waals surface area contributed by atoms with Crippen LogP contribution in [0, 0.1) is 52.3 Å². The van der Waals surface area contributed by atoms with Gasteiger partial charge in [-0.3, -0.25) is 0 Å². The molecule has 11 atom stereocenters. The largest absolute Gasteiger partial charge is 0.449 e. The highest BCUT2D eigenvalue weighted by Gasteiger charge is 2.64. The highest BCUT2D eigenvalue weighted by molar-refractivity contribution is 5.68. The molecular formula is C28H47NO4. The molecule has 1 aliphatic heterocycles. The van der Waals surface area contributed by atoms with Gasteiger partial charge < -0.3 is 19.8 Å². The van der Waals surface area contributed by atoms with Gasteiger partial charge in [-0.05, 0) is 104 Å². The quantitative estimate of drug-likeness (QED) is 0.612. The topological polar surface area (TPSA) is 70.0 Å². The zero-order chi connectivity index (χ0) is 23.5. The van der Waals surface area contributed by atoms with Gasteiger partial charge in [-0.25, -0.2) is 4.79 Å². The lowest BCUT2D eigenvalue weighted by Gasteiger charge is -2.64. The van der Waals surface area contributed by atoms with Gasteiger partial charge in [-0.2, -0.15) is 0 Å². The number of hydrogen-bond acceptors (Lipinski definition) is 4. The lowest BCUT2D eigenvalue weighted by atomic mass is 9.41. The lowest BCUT2D eigenvalue weighted by molar-refractivity contribution is -0.203. The SMILES string of the molecule is CC[C@H]1[C@@H](O)[C@@H]2[C@H](CC[C@]3(C)[C@@H]([C@H](C)COC(=O)N4CCC4)CC[C@@H]23)[C@@]2(C)CC[C@@H](O)C[C@@H]12. The predicted molar refractivity (Wildman–Crippen MR) is 128 cm³/mol. The molecule has 4 saturated carbocycles. The number of ether oxygens (including phenoxy) is 1. The van der Waals surface area contributed by atoms with Gasteiger partial charge in [-0.1, -0.05) is 34.1 Å². The van der Waals surface area contributed by atoms with Crippen LogP contribution >= 0.6 is 0 Å². The van der Waals surface area contributed by atoms with Crippen LogP contribution in [0.4, 0.5) is 4.79 Å². The maximum atomic E-state index is 12.3. The monoisotopic (exact) mass is 461 g/mol. The van der Waals surface area contributed by atoms with Gasteiger partial charge in [0.2, 0.25) is 0 Å². The Balaban J connectivity index is 1.34. The van der Waals surface area contributed by atoms with E-state index in [0.717, 1.165) is 45.2 Å². The number of rotatable bonds is 4. The van der Waals surface area contributed by atoms with Crippen molar-refractivity contribution in [2.75, 3.05) is 19.7 Å². The molecule has 5 aliphatic rings. The summed E-state index contributed by atoms with van der Waals surface area (Å²) in [6, 6.07) is 0. The highest BCUT2D eigenvalue weighted by Crippen LogP contribution is 2.69. The van der Waals surface area contributed by atoms with E-state index in [1.807, 2.05) is 0 Å². The fourth-order valence-electron chi connectivity index (χ4n) is 9.84. The first-order valence-electron chi connectivity index (χ1n) is 14.0. The van der Waals surface area contributed by atoms with E-state index >= 15 is 0 Å². The molecule has 1 heterocycles. The summed E-state index contributed by atoms with van der Waals surface area (Å²) in [5.41, 5.74) is 0.474. The van der Waals surface area contributed by atoms with E-state index in [0.29, 0.717) is 48.0 Å². The first kappa shape index (κ1) is 23.9. The Bertz CT molecular complexity index is 739. The summed E-state index contributed by atoms with van der Waals surface area (Å²) in [6.45, 7) is 11.7. The number of fused-ring (bicyclic) bond motifs is 5. The number of likely N-dealkylation sites (tertiary alicyclic amines) is 1. The molecule has 5 nitrogen and oxygen atoms in total. The van der Waals surface area contributed by atoms with Crippen molar-refractivity contribution in [1.29, 1.82) is 0 Å². The van der Waals surface area contributed by atoms with Gasteiger partial charge in [0.25, 0.3) is 0 Å². The van der Waals surface area contributed by atoms with Crippen molar-refractivity contribution < 1.29 is 19.7 Å². The Hall–Kier alpha value is -0.810. The molecule has 5 rings (SSSR count). The molecule has 0 aromatic rings. The molecule has 2 N–H and O–H groups in total. The van der Waals surface area contributed by atoms with E-state index < -0.39 is 0 Å². The van der Waals surface area contributed by atoms with Crippen molar-refractivity contribution in [3.8, 4) is 0 Å². The maximum Gasteiger partial charge on any atom is 0.409 e. The standard InChI is InChI=1S/C28H47NO4/c1-5-19-23-15-18(30)9-11-28(23,4)22-10-12-27(3)20(7-8-21(27)24(22)25(19)31)17(2)16-33-26(32)29-13-6-14-29/h17-25,30-31H,5-16H2,1-4H3/t17-,18-,19-,20-,21+,22+,23+,24+,25-,27-,28-/m1/s1. The third kappa shape index (κ3) is 3.66. The Kier molecular flexibility index (Phi) is 6.30. The Morgan fingerprint density at radius 3 is 2.39 bits per heavy atom. The maximum absolute atomic E-state index is 12.3. The van der Waals surface area contributed by atoms with Gasteiger partial charge in [0.1, 0.15) is 0 Å². The number of amides is 1. The second-order valence-electron chi connectivity index (χ2n) is 13.0. The number of nitrogens with zero attached hydrogens (tertiary/aromatic N) is 1. The second-order valence-corrected chi connectivity index (χ2v) is 13.0. The third-order valence-corrected chi connectivity index (χ3v) is 11.7. The highest BCUT2D eigenvalue weighted by atomic mass is 16.6. The van der Waals surface area contributed by atoms with Gasteiger partial charge in [0.15, 0.2) is 0 Å². The molecule has 0 aromatic heterocycles. The number of aliphatic hydroxyl groups is 2. The Morgan fingerprint density at radius 2 is 1.73 bits per heavy atom. The first-order valence-corrected chi connectivity index (χ1v) is 14.0. The molecule has 1 amide bonds. The van der Waals surface area contributed by atoms with Gasteiger partial charge in [-0.15, -0.1) is 0 Å². The van der Waals surface area contributed by atoms with E-state index in [1.54, 1.807) is 4.90 Å². The van der Waals surface area contributed by atoms with E-state index in [2.05, 4.69) is 27.7 Å². The van der Waals surface area contributed by atoms with Crippen molar-refractivity contribution in [2.45, 2.75) is 97.7 Å². The van der Waals surface area contributed by atoms with Crippen LogP contribution in [0.15, 0.2) is 0 Å². The average Bonchev–Trinajstić information content (AvgIpc) is 3.09. The second kappa shape index (κ2) is 8.69. The zero-order valence-electron chi connectivity index (χ0n) is 21.3. The summed E-state index contributed by atoms with van der Waals surface area (Å²) in [7, 11) is 0. The summed E-state index contributed by atoms with van der Waals surface area (Å²) in [5, 5.41) is 22.3. The first-order chi connectivity index (χ1) is 15.7. The van der Waals surface area contributed by atoms with Crippen molar-refractivity contribution >= 4 is 6.09 Å². The number of aliphatic hydroxyl groups excluding tert-OH is 2. The van der Waals surface area contributed by atoms with Crippen LogP contribution in [0.5, 0.6) is 0 Å². The molecule has 5 heteroatoms. The van der Waals surface area contributed by atoms with Crippen LogP contribution < -0.4 is 0 Å². The number of hydrogen-bond donors (Lipinski definition) is 2. The van der Waals surface area contributed by atoms with Gasteiger partial charge >= 0.3 is 6.09 Å². The number of carbonyl (C=O) groups is 1. The average molecular weight is 462 g/mol. The normalized spacial score (nSPS) is 49.9. The molecule has 0 aromatic carbocycles. The molecule has 5 fully saturated rings. The molecule has 0 spiro atoms. The molecule has 0 radical (unpaired) electrons. The van der Waals surface area contributed by atoms with Crippen LogP contribution in [0.25, 0.3) is 0 Å². The van der Waals surface area contributed by atoms with Gasteiger partial charge in [0, 0.05) is 13.1 Å². The van der Waals surface area contributed by atoms with E-state index in [4.69, 9.17) is 4.74 Å². The van der Waals surface area contributed by atoms with Crippen LogP contribution in [0.3, 0.4) is 0 Å². The molecule has 1 saturated heterocycles. The van der Waals surface area contributed by atoms with Crippen molar-refractivity contribution in [3.63, 3.8) is 0 Å². The summed E-state index contributed by atoms with van der Waals surface area (Å²) in [5.74, 6) is 3.18. The summed E-state index contributed by atoms with van der Waals surface area (Å²) < 4.78 is 5.72. The van der Waals surface area contributed by atoms with Crippen molar-refractivity contribution in [2.24, 2.45) is 52.3 Å². The van der Waals surface area contributed by atoms with Crippen LogP contribution in [0.2, 0.25) is 0 Å². The Morgan fingerprint density at radius 1 is 1.03 bits per heavy atom.